The Kier molecular flexibility index (Phi) is 5.37. The molecule has 0 aliphatic rings. The van der Waals surface area contributed by atoms with Gasteiger partial charge in [0.25, 0.3) is 0 Å². The average molecular weight is 318 g/mol. The van der Waals surface area contributed by atoms with Gasteiger partial charge < -0.3 is 10.4 Å². The van der Waals surface area contributed by atoms with Crippen LogP contribution in [0.2, 0.25) is 0 Å². The molecule has 1 rings (SSSR count). The number of carboxylic acid groups (broad SMARTS) is 1. The van der Waals surface area contributed by atoms with Crippen LogP contribution in [-0.4, -0.2) is 23.0 Å². The topological polar surface area (TPSA) is 66.4 Å². The molecule has 1 aromatic rings. The molecule has 1 aromatic heterocycles. The number of halogens is 1. The van der Waals surface area contributed by atoms with E-state index in [1.165, 1.54) is 17.4 Å². The molecule has 0 fully saturated rings. The number of carbonyl (C=O) groups is 2. The molecule has 17 heavy (non-hydrogen) atoms. The van der Waals surface area contributed by atoms with Gasteiger partial charge in [0.05, 0.1) is 6.42 Å². The minimum Gasteiger partial charge on any atom is -0.481 e. The largest absolute Gasteiger partial charge is 0.481 e. The van der Waals surface area contributed by atoms with E-state index in [1.54, 1.807) is 13.0 Å². The zero-order chi connectivity index (χ0) is 12.8. The van der Waals surface area contributed by atoms with Gasteiger partial charge in [-0.25, -0.2) is 0 Å². The van der Waals surface area contributed by atoms with Crippen LogP contribution in [0.1, 0.15) is 18.2 Å². The van der Waals surface area contributed by atoms with E-state index in [1.807, 2.05) is 11.4 Å². The Morgan fingerprint density at radius 3 is 2.88 bits per heavy atom. The smallest absolute Gasteiger partial charge is 0.305 e. The lowest BCUT2D eigenvalue weighted by Gasteiger charge is -2.08. The van der Waals surface area contributed by atoms with Crippen LogP contribution in [0.5, 0.6) is 0 Å². The highest BCUT2D eigenvalue weighted by molar-refractivity contribution is 9.10. The summed E-state index contributed by atoms with van der Waals surface area (Å²) in [6.07, 6.45) is 3.01. The summed E-state index contributed by atoms with van der Waals surface area (Å²) in [4.78, 5) is 22.8. The third-order valence-electron chi connectivity index (χ3n) is 1.86. The van der Waals surface area contributed by atoms with Crippen LogP contribution in [0.3, 0.4) is 0 Å². The Labute approximate surface area is 111 Å². The van der Waals surface area contributed by atoms with E-state index in [0.29, 0.717) is 0 Å². The van der Waals surface area contributed by atoms with Crippen molar-refractivity contribution in [2.75, 3.05) is 0 Å². The van der Waals surface area contributed by atoms with E-state index in [2.05, 4.69) is 21.2 Å². The maximum atomic E-state index is 11.4. The molecule has 2 N–H and O–H groups in total. The van der Waals surface area contributed by atoms with Crippen LogP contribution >= 0.6 is 27.3 Å². The molecule has 0 aromatic carbocycles. The number of thiophene rings is 1. The van der Waals surface area contributed by atoms with Gasteiger partial charge in [-0.05, 0) is 35.0 Å². The van der Waals surface area contributed by atoms with Crippen molar-refractivity contribution in [2.24, 2.45) is 0 Å². The number of carboxylic acids is 1. The molecular weight excluding hydrogens is 306 g/mol. The van der Waals surface area contributed by atoms with E-state index in [9.17, 15) is 9.59 Å². The van der Waals surface area contributed by atoms with Crippen molar-refractivity contribution in [3.8, 4) is 0 Å². The molecule has 1 unspecified atom stereocenters. The number of rotatable bonds is 5. The SMILES string of the molecule is CC(CC(=O)O)NC(=O)C=Cc1cc(Br)cs1. The normalized spacial score (nSPS) is 12.6. The molecule has 1 atom stereocenters. The van der Waals surface area contributed by atoms with Gasteiger partial charge in [0.1, 0.15) is 0 Å². The Morgan fingerprint density at radius 2 is 2.35 bits per heavy atom. The first-order valence-electron chi connectivity index (χ1n) is 4.92. The van der Waals surface area contributed by atoms with Crippen LogP contribution in [0.4, 0.5) is 0 Å². The highest BCUT2D eigenvalue weighted by atomic mass is 79.9. The zero-order valence-electron chi connectivity index (χ0n) is 9.14. The Bertz CT molecular complexity index is 442. The summed E-state index contributed by atoms with van der Waals surface area (Å²) < 4.78 is 0.974. The molecule has 1 amide bonds. The van der Waals surface area contributed by atoms with Gasteiger partial charge in [-0.2, -0.15) is 0 Å². The fraction of sp³-hybridized carbons (Fsp3) is 0.273. The first-order valence-corrected chi connectivity index (χ1v) is 6.59. The molecule has 0 aliphatic carbocycles. The summed E-state index contributed by atoms with van der Waals surface area (Å²) >= 11 is 4.83. The van der Waals surface area contributed by atoms with E-state index in [-0.39, 0.29) is 18.4 Å². The number of carbonyl (C=O) groups excluding carboxylic acids is 1. The van der Waals surface area contributed by atoms with E-state index < -0.39 is 5.97 Å². The molecule has 0 aliphatic heterocycles. The fourth-order valence-corrected chi connectivity index (χ4v) is 2.51. The van der Waals surface area contributed by atoms with Gasteiger partial charge in [-0.1, -0.05) is 0 Å². The number of nitrogens with one attached hydrogen (secondary N) is 1. The molecule has 0 saturated heterocycles. The third-order valence-corrected chi connectivity index (χ3v) is 3.51. The summed E-state index contributed by atoms with van der Waals surface area (Å²) in [5, 5.41) is 13.0. The summed E-state index contributed by atoms with van der Waals surface area (Å²) in [6, 6.07) is 1.52. The Balaban J connectivity index is 2.44. The highest BCUT2D eigenvalue weighted by Crippen LogP contribution is 2.20. The maximum absolute atomic E-state index is 11.4. The van der Waals surface area contributed by atoms with Gasteiger partial charge in [-0.15, -0.1) is 11.3 Å². The van der Waals surface area contributed by atoms with Crippen LogP contribution < -0.4 is 5.32 Å². The Morgan fingerprint density at radius 1 is 1.65 bits per heavy atom. The van der Waals surface area contributed by atoms with Crippen LogP contribution in [0.25, 0.3) is 6.08 Å². The summed E-state index contributed by atoms with van der Waals surface area (Å²) in [6.45, 7) is 1.65. The van der Waals surface area contributed by atoms with Crippen molar-refractivity contribution < 1.29 is 14.7 Å². The number of amides is 1. The fourth-order valence-electron chi connectivity index (χ4n) is 1.18. The molecule has 0 radical (unpaired) electrons. The molecule has 0 bridgehead atoms. The van der Waals surface area contributed by atoms with Gasteiger partial charge >= 0.3 is 5.97 Å². The minimum absolute atomic E-state index is 0.0792. The summed E-state index contributed by atoms with van der Waals surface area (Å²) in [5.41, 5.74) is 0. The predicted molar refractivity (Wildman–Crippen MR) is 70.9 cm³/mol. The zero-order valence-corrected chi connectivity index (χ0v) is 11.5. The molecule has 0 spiro atoms. The predicted octanol–water partition coefficient (Wildman–Crippen LogP) is 2.50. The quantitative estimate of drug-likeness (QED) is 0.820. The molecule has 1 heterocycles. The van der Waals surface area contributed by atoms with E-state index in [4.69, 9.17) is 5.11 Å². The number of hydrogen-bond acceptors (Lipinski definition) is 3. The van der Waals surface area contributed by atoms with Crippen LogP contribution in [-0.2, 0) is 9.59 Å². The minimum atomic E-state index is -0.927. The highest BCUT2D eigenvalue weighted by Gasteiger charge is 2.08. The second-order valence-corrected chi connectivity index (χ2v) is 5.37. The first kappa shape index (κ1) is 13.9. The second-order valence-electron chi connectivity index (χ2n) is 3.51. The van der Waals surface area contributed by atoms with E-state index in [0.717, 1.165) is 9.35 Å². The number of hydrogen-bond donors (Lipinski definition) is 2. The van der Waals surface area contributed by atoms with Crippen molar-refractivity contribution in [2.45, 2.75) is 19.4 Å². The lowest BCUT2D eigenvalue weighted by atomic mass is 10.2. The van der Waals surface area contributed by atoms with Gasteiger partial charge in [0, 0.05) is 26.8 Å². The molecular formula is C11H12BrNO3S. The van der Waals surface area contributed by atoms with Gasteiger partial charge in [-0.3, -0.25) is 9.59 Å². The lowest BCUT2D eigenvalue weighted by molar-refractivity contribution is -0.137. The molecule has 6 heteroatoms. The van der Waals surface area contributed by atoms with Crippen molar-refractivity contribution in [1.82, 2.24) is 5.32 Å². The van der Waals surface area contributed by atoms with Crippen LogP contribution in [0.15, 0.2) is 22.0 Å². The summed E-state index contributed by atoms with van der Waals surface area (Å²) in [7, 11) is 0. The first-order chi connectivity index (χ1) is 7.97. The van der Waals surface area contributed by atoms with Crippen molar-refractivity contribution in [3.63, 3.8) is 0 Å². The third kappa shape index (κ3) is 5.65. The monoisotopic (exact) mass is 317 g/mol. The molecule has 92 valence electrons. The van der Waals surface area contributed by atoms with Gasteiger partial charge in [0.15, 0.2) is 0 Å². The molecule has 0 saturated carbocycles. The van der Waals surface area contributed by atoms with Crippen molar-refractivity contribution in [1.29, 1.82) is 0 Å². The molecule has 4 nitrogen and oxygen atoms in total. The summed E-state index contributed by atoms with van der Waals surface area (Å²) in [5.74, 6) is -1.22. The lowest BCUT2D eigenvalue weighted by Crippen LogP contribution is -2.32. The Hall–Kier alpha value is -1.14. The van der Waals surface area contributed by atoms with E-state index >= 15 is 0 Å². The number of aliphatic carboxylic acids is 1. The van der Waals surface area contributed by atoms with Crippen molar-refractivity contribution in [3.05, 3.63) is 26.9 Å². The maximum Gasteiger partial charge on any atom is 0.305 e. The average Bonchev–Trinajstić information content (AvgIpc) is 2.59. The standard InChI is InChI=1S/C11H12BrNO3S/c1-7(4-11(15)16)13-10(14)3-2-9-5-8(12)6-17-9/h2-3,5-7H,4H2,1H3,(H,13,14)(H,15,16). The van der Waals surface area contributed by atoms with Crippen LogP contribution in [0, 0.1) is 0 Å². The second kappa shape index (κ2) is 6.56. The van der Waals surface area contributed by atoms with Crippen molar-refractivity contribution >= 4 is 45.2 Å². The van der Waals surface area contributed by atoms with Gasteiger partial charge in [0.2, 0.25) is 5.91 Å².